The summed E-state index contributed by atoms with van der Waals surface area (Å²) in [5, 5.41) is 7.54. The molecule has 6 heteroatoms. The van der Waals surface area contributed by atoms with E-state index in [2.05, 4.69) is 4.74 Å². The Kier molecular flexibility index (Phi) is 5.94. The van der Waals surface area contributed by atoms with E-state index < -0.39 is 17.2 Å². The van der Waals surface area contributed by atoms with Gasteiger partial charge in [0.15, 0.2) is 5.12 Å². The van der Waals surface area contributed by atoms with Crippen molar-refractivity contribution in [2.75, 3.05) is 7.11 Å². The van der Waals surface area contributed by atoms with Crippen LogP contribution in [0.2, 0.25) is 0 Å². The number of carbonyl (C=O) groups excluding carboxylic acids is 2. The number of thioether (sulfide) groups is 1. The lowest BCUT2D eigenvalue weighted by Gasteiger charge is -2.08. The molecule has 0 amide bonds. The van der Waals surface area contributed by atoms with Crippen LogP contribution >= 0.6 is 11.8 Å². The molecule has 1 N–H and O–H groups in total. The van der Waals surface area contributed by atoms with Gasteiger partial charge in [0.2, 0.25) is 0 Å². The number of esters is 1. The first-order chi connectivity index (χ1) is 6.47. The molecule has 1 atom stereocenters. The van der Waals surface area contributed by atoms with E-state index in [0.29, 0.717) is 11.8 Å². The topological polar surface area (TPSA) is 80.7 Å². The summed E-state index contributed by atoms with van der Waals surface area (Å²) >= 11 is 0.714. The molecule has 0 fully saturated rings. The predicted octanol–water partition coefficient (Wildman–Crippen LogP) is 0.672. The van der Waals surface area contributed by atoms with E-state index in [-0.39, 0.29) is 18.0 Å². The second-order valence-corrected chi connectivity index (χ2v) is 3.93. The summed E-state index contributed by atoms with van der Waals surface area (Å²) in [6, 6.07) is 0. The van der Waals surface area contributed by atoms with Crippen molar-refractivity contribution in [2.24, 2.45) is 0 Å². The highest BCUT2D eigenvalue weighted by molar-refractivity contribution is 8.14. The monoisotopic (exact) mass is 220 g/mol. The number of carboxylic acid groups (broad SMARTS) is 1. The molecule has 0 saturated carbocycles. The van der Waals surface area contributed by atoms with Gasteiger partial charge >= 0.3 is 11.9 Å². The fourth-order valence-corrected chi connectivity index (χ4v) is 1.52. The van der Waals surface area contributed by atoms with Crippen LogP contribution in [0.15, 0.2) is 0 Å². The molecular formula is C8H12O5S. The molecule has 0 radical (unpaired) electrons. The number of rotatable bonds is 5. The van der Waals surface area contributed by atoms with E-state index in [1.165, 1.54) is 14.0 Å². The number of carboxylic acids is 1. The zero-order valence-electron chi connectivity index (χ0n) is 7.98. The largest absolute Gasteiger partial charge is 0.480 e. The van der Waals surface area contributed by atoms with Crippen LogP contribution < -0.4 is 0 Å². The van der Waals surface area contributed by atoms with E-state index in [4.69, 9.17) is 5.11 Å². The highest BCUT2D eigenvalue weighted by Gasteiger charge is 2.21. The van der Waals surface area contributed by atoms with Gasteiger partial charge in [-0.3, -0.25) is 14.4 Å². The average Bonchev–Trinajstić information content (AvgIpc) is 2.10. The van der Waals surface area contributed by atoms with Gasteiger partial charge in [-0.05, 0) is 6.42 Å². The zero-order valence-corrected chi connectivity index (χ0v) is 8.80. The molecule has 0 aromatic rings. The minimum atomic E-state index is -1.09. The molecule has 0 aliphatic rings. The molecule has 80 valence electrons. The Bertz CT molecular complexity index is 238. The Hall–Kier alpha value is -1.04. The lowest BCUT2D eigenvalue weighted by atomic mass is 10.2. The van der Waals surface area contributed by atoms with E-state index in [9.17, 15) is 14.4 Å². The molecular weight excluding hydrogens is 208 g/mol. The van der Waals surface area contributed by atoms with Crippen LogP contribution in [0.5, 0.6) is 0 Å². The molecule has 0 heterocycles. The molecule has 5 nitrogen and oxygen atoms in total. The fourth-order valence-electron chi connectivity index (χ4n) is 0.784. The Balaban J connectivity index is 4.04. The van der Waals surface area contributed by atoms with Crippen LogP contribution in [0.3, 0.4) is 0 Å². The molecule has 0 aromatic heterocycles. The number of hydrogen-bond donors (Lipinski definition) is 1. The first-order valence-electron chi connectivity index (χ1n) is 3.94. The summed E-state index contributed by atoms with van der Waals surface area (Å²) in [7, 11) is 1.23. The quantitative estimate of drug-likeness (QED) is 0.686. The summed E-state index contributed by atoms with van der Waals surface area (Å²) < 4.78 is 4.36. The van der Waals surface area contributed by atoms with Crippen LogP contribution in [-0.2, 0) is 19.1 Å². The summed E-state index contributed by atoms with van der Waals surface area (Å²) in [5.41, 5.74) is 0. The normalized spacial score (nSPS) is 11.9. The molecule has 0 spiro atoms. The SMILES string of the molecule is COC(=O)CC[C@H](SC(C)=O)C(=O)O. The van der Waals surface area contributed by atoms with Gasteiger partial charge < -0.3 is 9.84 Å². The first kappa shape index (κ1) is 13.0. The molecule has 0 rings (SSSR count). The van der Waals surface area contributed by atoms with Gasteiger partial charge in [-0.15, -0.1) is 0 Å². The van der Waals surface area contributed by atoms with Crippen molar-refractivity contribution < 1.29 is 24.2 Å². The van der Waals surface area contributed by atoms with Gasteiger partial charge in [0.1, 0.15) is 5.25 Å². The van der Waals surface area contributed by atoms with Gasteiger partial charge in [0.05, 0.1) is 7.11 Å². The third kappa shape index (κ3) is 5.58. The van der Waals surface area contributed by atoms with Crippen LogP contribution in [0.25, 0.3) is 0 Å². The smallest absolute Gasteiger partial charge is 0.317 e. The first-order valence-corrected chi connectivity index (χ1v) is 4.82. The van der Waals surface area contributed by atoms with Gasteiger partial charge in [0.25, 0.3) is 0 Å². The number of methoxy groups -OCH3 is 1. The summed E-state index contributed by atoms with van der Waals surface area (Å²) in [6.45, 7) is 1.29. The maximum atomic E-state index is 10.7. The van der Waals surface area contributed by atoms with Crippen molar-refractivity contribution in [3.8, 4) is 0 Å². The summed E-state index contributed by atoms with van der Waals surface area (Å²) in [5.74, 6) is -1.56. The van der Waals surface area contributed by atoms with Crippen molar-refractivity contribution in [3.05, 3.63) is 0 Å². The Morgan fingerprint density at radius 2 is 2.00 bits per heavy atom. The van der Waals surface area contributed by atoms with Gasteiger partial charge in [-0.1, -0.05) is 11.8 Å². The maximum Gasteiger partial charge on any atom is 0.317 e. The average molecular weight is 220 g/mol. The lowest BCUT2D eigenvalue weighted by molar-refractivity contribution is -0.141. The Morgan fingerprint density at radius 3 is 2.36 bits per heavy atom. The van der Waals surface area contributed by atoms with E-state index >= 15 is 0 Å². The van der Waals surface area contributed by atoms with E-state index in [1.54, 1.807) is 0 Å². The van der Waals surface area contributed by atoms with E-state index in [1.807, 2.05) is 0 Å². The number of carbonyl (C=O) groups is 3. The summed E-state index contributed by atoms with van der Waals surface area (Å²) in [6.07, 6.45) is 0.111. The standard InChI is InChI=1S/C8H12O5S/c1-5(9)14-6(8(11)12)3-4-7(10)13-2/h6H,3-4H2,1-2H3,(H,11,12)/t6-/m0/s1. The van der Waals surface area contributed by atoms with Gasteiger partial charge in [0, 0.05) is 13.3 Å². The van der Waals surface area contributed by atoms with Crippen LogP contribution in [0.1, 0.15) is 19.8 Å². The minimum Gasteiger partial charge on any atom is -0.480 e. The number of ether oxygens (including phenoxy) is 1. The van der Waals surface area contributed by atoms with Crippen LogP contribution in [-0.4, -0.2) is 34.5 Å². The van der Waals surface area contributed by atoms with Gasteiger partial charge in [-0.25, -0.2) is 0 Å². The van der Waals surface area contributed by atoms with Crippen LogP contribution in [0.4, 0.5) is 0 Å². The highest BCUT2D eigenvalue weighted by atomic mass is 32.2. The number of hydrogen-bond acceptors (Lipinski definition) is 5. The third-order valence-corrected chi connectivity index (χ3v) is 2.48. The van der Waals surface area contributed by atoms with Crippen molar-refractivity contribution in [1.29, 1.82) is 0 Å². The number of aliphatic carboxylic acids is 1. The highest BCUT2D eigenvalue weighted by Crippen LogP contribution is 2.17. The van der Waals surface area contributed by atoms with Crippen molar-refractivity contribution >= 4 is 28.8 Å². The third-order valence-electron chi connectivity index (χ3n) is 1.42. The predicted molar refractivity (Wildman–Crippen MR) is 50.9 cm³/mol. The minimum absolute atomic E-state index is 0.00769. The second kappa shape index (κ2) is 6.42. The van der Waals surface area contributed by atoms with Gasteiger partial charge in [-0.2, -0.15) is 0 Å². The maximum absolute atomic E-state index is 10.7. The van der Waals surface area contributed by atoms with Crippen molar-refractivity contribution in [3.63, 3.8) is 0 Å². The lowest BCUT2D eigenvalue weighted by Crippen LogP contribution is -2.19. The van der Waals surface area contributed by atoms with Crippen molar-refractivity contribution in [1.82, 2.24) is 0 Å². The molecule has 0 aliphatic heterocycles. The van der Waals surface area contributed by atoms with Crippen molar-refractivity contribution in [2.45, 2.75) is 25.0 Å². The molecule has 0 saturated heterocycles. The molecule has 0 aromatic carbocycles. The molecule has 0 unspecified atom stereocenters. The Labute approximate surface area is 85.8 Å². The van der Waals surface area contributed by atoms with Crippen LogP contribution in [0, 0.1) is 0 Å². The molecule has 0 bridgehead atoms. The van der Waals surface area contributed by atoms with E-state index in [0.717, 1.165) is 0 Å². The Morgan fingerprint density at radius 1 is 1.43 bits per heavy atom. The molecule has 0 aliphatic carbocycles. The fraction of sp³-hybridized carbons (Fsp3) is 0.625. The zero-order chi connectivity index (χ0) is 11.1. The summed E-state index contributed by atoms with van der Waals surface area (Å²) in [4.78, 5) is 32.0. The second-order valence-electron chi connectivity index (χ2n) is 2.55. The molecule has 14 heavy (non-hydrogen) atoms.